The van der Waals surface area contributed by atoms with Crippen LogP contribution in [-0.4, -0.2) is 56.2 Å². The number of hydrogen-bond donors (Lipinski definition) is 1. The fourth-order valence-electron chi connectivity index (χ4n) is 1.73. The molecule has 0 saturated carbocycles. The molecule has 6 heteroatoms. The van der Waals surface area contributed by atoms with E-state index in [9.17, 15) is 4.79 Å². The second-order valence-electron chi connectivity index (χ2n) is 4.55. The molecule has 5 nitrogen and oxygen atoms in total. The number of carbonyl (C=O) groups is 1. The Kier molecular flexibility index (Phi) is 6.97. The van der Waals surface area contributed by atoms with Crippen molar-refractivity contribution in [1.29, 1.82) is 0 Å². The highest BCUT2D eigenvalue weighted by atomic mass is 32.1. The number of nitrogens with one attached hydrogen (secondary N) is 1. The Bertz CT molecular complexity index is 407. The third kappa shape index (κ3) is 5.67. The van der Waals surface area contributed by atoms with E-state index in [2.05, 4.69) is 22.2 Å². The van der Waals surface area contributed by atoms with E-state index in [1.807, 2.05) is 13.8 Å². The molecule has 1 heterocycles. The Morgan fingerprint density at radius 3 is 2.74 bits per heavy atom. The van der Waals surface area contributed by atoms with E-state index in [0.29, 0.717) is 6.54 Å². The number of thiazole rings is 1. The maximum absolute atomic E-state index is 11.9. The summed E-state index contributed by atoms with van der Waals surface area (Å²) in [6, 6.07) is 0. The van der Waals surface area contributed by atoms with Crippen molar-refractivity contribution in [1.82, 2.24) is 15.2 Å². The van der Waals surface area contributed by atoms with Gasteiger partial charge in [-0.05, 0) is 33.9 Å². The average molecular weight is 285 g/mol. The number of amides is 1. The number of methoxy groups -OCH3 is 1. The summed E-state index contributed by atoms with van der Waals surface area (Å²) in [5, 5.41) is 3.87. The molecule has 0 radical (unpaired) electrons. The summed E-state index contributed by atoms with van der Waals surface area (Å²) in [5.41, 5.74) is 0.817. The predicted octanol–water partition coefficient (Wildman–Crippen LogP) is 1.46. The van der Waals surface area contributed by atoms with Gasteiger partial charge in [0.05, 0.1) is 17.3 Å². The molecule has 0 saturated heterocycles. The van der Waals surface area contributed by atoms with E-state index >= 15 is 0 Å². The number of hydrogen-bond acceptors (Lipinski definition) is 5. The molecule has 0 bridgehead atoms. The lowest BCUT2D eigenvalue weighted by Gasteiger charge is -2.15. The molecule has 0 atom stereocenters. The highest BCUT2D eigenvalue weighted by Gasteiger charge is 2.12. The fourth-order valence-corrected chi connectivity index (χ4v) is 2.57. The first kappa shape index (κ1) is 16.1. The Morgan fingerprint density at radius 1 is 1.42 bits per heavy atom. The molecule has 1 N–H and O–H groups in total. The van der Waals surface area contributed by atoms with Gasteiger partial charge in [0.15, 0.2) is 0 Å². The van der Waals surface area contributed by atoms with Gasteiger partial charge in [-0.3, -0.25) is 4.79 Å². The Balaban J connectivity index is 2.22. The normalized spacial score (nSPS) is 11.0. The summed E-state index contributed by atoms with van der Waals surface area (Å²) in [4.78, 5) is 19.1. The molecule has 1 aromatic heterocycles. The summed E-state index contributed by atoms with van der Waals surface area (Å²) < 4.78 is 5.01. The highest BCUT2D eigenvalue weighted by molar-refractivity contribution is 7.13. The minimum atomic E-state index is -0.0114. The third-order valence-electron chi connectivity index (χ3n) is 2.79. The van der Waals surface area contributed by atoms with E-state index < -0.39 is 0 Å². The minimum absolute atomic E-state index is 0.0114. The zero-order valence-electron chi connectivity index (χ0n) is 12.2. The van der Waals surface area contributed by atoms with Crippen molar-refractivity contribution < 1.29 is 9.53 Å². The zero-order chi connectivity index (χ0) is 14.3. The molecule has 0 unspecified atom stereocenters. The summed E-state index contributed by atoms with van der Waals surface area (Å²) in [5.74, 6) is -0.0114. The van der Waals surface area contributed by atoms with Crippen molar-refractivity contribution in [2.75, 3.05) is 40.4 Å². The lowest BCUT2D eigenvalue weighted by atomic mass is 10.3. The molecule has 1 aromatic rings. The van der Waals surface area contributed by atoms with Crippen LogP contribution in [0.2, 0.25) is 0 Å². The van der Waals surface area contributed by atoms with Gasteiger partial charge in [-0.2, -0.15) is 0 Å². The quantitative estimate of drug-likeness (QED) is 0.735. The van der Waals surface area contributed by atoms with E-state index in [-0.39, 0.29) is 5.91 Å². The number of aryl methyl sites for hydroxylation is 2. The Morgan fingerprint density at radius 2 is 2.16 bits per heavy atom. The van der Waals surface area contributed by atoms with Crippen LogP contribution in [0.3, 0.4) is 0 Å². The van der Waals surface area contributed by atoms with Crippen molar-refractivity contribution in [2.45, 2.75) is 20.3 Å². The molecule has 0 spiro atoms. The molecule has 1 rings (SSSR count). The van der Waals surface area contributed by atoms with Crippen molar-refractivity contribution in [2.24, 2.45) is 0 Å². The zero-order valence-corrected chi connectivity index (χ0v) is 13.0. The summed E-state index contributed by atoms with van der Waals surface area (Å²) in [6.45, 7) is 7.08. The molecule has 0 aliphatic heterocycles. The molecular formula is C13H23N3O2S. The van der Waals surface area contributed by atoms with Gasteiger partial charge >= 0.3 is 0 Å². The van der Waals surface area contributed by atoms with Gasteiger partial charge in [-0.15, -0.1) is 11.3 Å². The number of rotatable bonds is 8. The highest BCUT2D eigenvalue weighted by Crippen LogP contribution is 2.16. The largest absolute Gasteiger partial charge is 0.383 e. The van der Waals surface area contributed by atoms with Crippen LogP contribution in [0, 0.1) is 13.8 Å². The molecule has 0 aliphatic carbocycles. The molecule has 108 valence electrons. The number of nitrogens with zero attached hydrogens (tertiary/aromatic N) is 2. The third-order valence-corrected chi connectivity index (χ3v) is 3.86. The fraction of sp³-hybridized carbons (Fsp3) is 0.692. The van der Waals surface area contributed by atoms with Gasteiger partial charge in [0, 0.05) is 20.2 Å². The van der Waals surface area contributed by atoms with E-state index in [1.54, 1.807) is 7.11 Å². The van der Waals surface area contributed by atoms with Crippen LogP contribution in [0.5, 0.6) is 0 Å². The van der Waals surface area contributed by atoms with Crippen LogP contribution in [0.15, 0.2) is 0 Å². The molecule has 1 amide bonds. The minimum Gasteiger partial charge on any atom is -0.383 e. The maximum atomic E-state index is 11.9. The van der Waals surface area contributed by atoms with Crippen molar-refractivity contribution in [3.63, 3.8) is 0 Å². The van der Waals surface area contributed by atoms with Crippen LogP contribution in [0.4, 0.5) is 0 Å². The van der Waals surface area contributed by atoms with Gasteiger partial charge in [-0.25, -0.2) is 4.98 Å². The molecule has 0 aromatic carbocycles. The number of carbonyl (C=O) groups excluding carboxylic acids is 1. The van der Waals surface area contributed by atoms with Gasteiger partial charge in [0.1, 0.15) is 4.88 Å². The number of likely N-dealkylation sites (N-methyl/N-ethyl adjacent to an activating group) is 1. The van der Waals surface area contributed by atoms with E-state index in [1.165, 1.54) is 11.3 Å². The van der Waals surface area contributed by atoms with Crippen LogP contribution in [0.1, 0.15) is 26.8 Å². The molecule has 0 fully saturated rings. The van der Waals surface area contributed by atoms with Crippen molar-refractivity contribution in [3.8, 4) is 0 Å². The predicted molar refractivity (Wildman–Crippen MR) is 77.9 cm³/mol. The maximum Gasteiger partial charge on any atom is 0.263 e. The first-order chi connectivity index (χ1) is 9.04. The van der Waals surface area contributed by atoms with Crippen LogP contribution in [0.25, 0.3) is 0 Å². The van der Waals surface area contributed by atoms with Gasteiger partial charge in [0.2, 0.25) is 0 Å². The number of ether oxygens (including phenoxy) is 1. The van der Waals surface area contributed by atoms with Crippen LogP contribution in [-0.2, 0) is 4.74 Å². The number of aromatic nitrogens is 1. The Hall–Kier alpha value is -0.980. The monoisotopic (exact) mass is 285 g/mol. The lowest BCUT2D eigenvalue weighted by Crippen LogP contribution is -2.29. The second kappa shape index (κ2) is 8.24. The van der Waals surface area contributed by atoms with Crippen LogP contribution >= 0.6 is 11.3 Å². The summed E-state index contributed by atoms with van der Waals surface area (Å²) in [7, 11) is 3.75. The van der Waals surface area contributed by atoms with E-state index in [0.717, 1.165) is 41.7 Å². The topological polar surface area (TPSA) is 54.5 Å². The molecule has 19 heavy (non-hydrogen) atoms. The van der Waals surface area contributed by atoms with Crippen molar-refractivity contribution >= 4 is 17.2 Å². The Labute approximate surface area is 119 Å². The van der Waals surface area contributed by atoms with Gasteiger partial charge in [0.25, 0.3) is 5.91 Å². The van der Waals surface area contributed by atoms with Gasteiger partial charge < -0.3 is 15.0 Å². The first-order valence-electron chi connectivity index (χ1n) is 6.44. The standard InChI is InChI=1S/C13H23N3O2S/c1-10-12(19-11(2)15-10)13(17)14-6-5-7-16(3)8-9-18-4/h5-9H2,1-4H3,(H,14,17). The average Bonchev–Trinajstić information content (AvgIpc) is 2.71. The lowest BCUT2D eigenvalue weighted by molar-refractivity contribution is 0.0954. The first-order valence-corrected chi connectivity index (χ1v) is 7.26. The smallest absolute Gasteiger partial charge is 0.263 e. The van der Waals surface area contributed by atoms with E-state index in [4.69, 9.17) is 4.74 Å². The molecular weight excluding hydrogens is 262 g/mol. The SMILES string of the molecule is COCCN(C)CCCNC(=O)c1sc(C)nc1C. The second-order valence-corrected chi connectivity index (χ2v) is 5.76. The van der Waals surface area contributed by atoms with Crippen LogP contribution < -0.4 is 5.32 Å². The van der Waals surface area contributed by atoms with Crippen molar-refractivity contribution in [3.05, 3.63) is 15.6 Å². The summed E-state index contributed by atoms with van der Waals surface area (Å²) >= 11 is 1.45. The summed E-state index contributed by atoms with van der Waals surface area (Å²) in [6.07, 6.45) is 0.933. The molecule has 0 aliphatic rings. The van der Waals surface area contributed by atoms with Gasteiger partial charge in [-0.1, -0.05) is 0 Å².